The Morgan fingerprint density at radius 3 is 1.98 bits per heavy atom. The third-order valence-corrected chi connectivity index (χ3v) is 9.23. The largest absolute Gasteiger partial charge is 0.350 e. The van der Waals surface area contributed by atoms with Crippen LogP contribution in [0.2, 0.25) is 0 Å². The quantitative estimate of drug-likeness (QED) is 0.196. The number of nitrogens with zero attached hydrogens (tertiary/aromatic N) is 2. The van der Waals surface area contributed by atoms with Crippen LogP contribution in [0.1, 0.15) is 37.5 Å². The van der Waals surface area contributed by atoms with Gasteiger partial charge < -0.3 is 10.2 Å². The van der Waals surface area contributed by atoms with Crippen LogP contribution in [0.25, 0.3) is 0 Å². The molecule has 4 aromatic carbocycles. The van der Waals surface area contributed by atoms with Gasteiger partial charge in [0.15, 0.2) is 0 Å². The number of carbonyl (C=O) groups excluding carboxylic acids is 2. The second-order valence-corrected chi connectivity index (χ2v) is 14.5. The minimum absolute atomic E-state index is 0.0665. The van der Waals surface area contributed by atoms with E-state index in [4.69, 9.17) is 0 Å². The van der Waals surface area contributed by atoms with Crippen LogP contribution in [0.4, 0.5) is 5.69 Å². The van der Waals surface area contributed by atoms with Gasteiger partial charge in [0.05, 0.1) is 10.6 Å². The Kier molecular flexibility index (Phi) is 10.7. The maximum Gasteiger partial charge on any atom is 0.264 e. The molecule has 2 amide bonds. The third kappa shape index (κ3) is 8.80. The molecular weight excluding hydrogens is 638 g/mol. The number of hydrogen-bond acceptors (Lipinski definition) is 4. The van der Waals surface area contributed by atoms with Gasteiger partial charge in [-0.15, -0.1) is 0 Å². The summed E-state index contributed by atoms with van der Waals surface area (Å²) in [5.41, 5.74) is 2.38. The van der Waals surface area contributed by atoms with Crippen molar-refractivity contribution < 1.29 is 18.0 Å². The molecule has 0 saturated carbocycles. The van der Waals surface area contributed by atoms with Crippen LogP contribution in [0, 0.1) is 6.92 Å². The van der Waals surface area contributed by atoms with Gasteiger partial charge in [0.25, 0.3) is 10.0 Å². The second kappa shape index (κ2) is 14.2. The number of aryl methyl sites for hydroxylation is 1. The van der Waals surface area contributed by atoms with Crippen molar-refractivity contribution in [2.75, 3.05) is 10.8 Å². The molecule has 0 unspecified atom stereocenters. The molecule has 44 heavy (non-hydrogen) atoms. The van der Waals surface area contributed by atoms with Crippen LogP contribution in [-0.4, -0.2) is 43.3 Å². The highest BCUT2D eigenvalue weighted by Crippen LogP contribution is 2.27. The van der Waals surface area contributed by atoms with E-state index in [1.165, 1.54) is 17.0 Å². The predicted molar refractivity (Wildman–Crippen MR) is 179 cm³/mol. The van der Waals surface area contributed by atoms with E-state index in [-0.39, 0.29) is 23.8 Å². The molecule has 1 atom stereocenters. The molecule has 230 valence electrons. The van der Waals surface area contributed by atoms with Gasteiger partial charge in [-0.2, -0.15) is 0 Å². The number of amides is 2. The monoisotopic (exact) mass is 675 g/mol. The fraction of sp³-hybridized carbons (Fsp3) is 0.257. The van der Waals surface area contributed by atoms with E-state index in [9.17, 15) is 18.0 Å². The fourth-order valence-electron chi connectivity index (χ4n) is 4.78. The zero-order chi connectivity index (χ0) is 31.9. The van der Waals surface area contributed by atoms with Crippen LogP contribution in [0.3, 0.4) is 0 Å². The summed E-state index contributed by atoms with van der Waals surface area (Å²) in [5.74, 6) is -0.824. The van der Waals surface area contributed by atoms with E-state index in [0.29, 0.717) is 10.2 Å². The first kappa shape index (κ1) is 33.0. The van der Waals surface area contributed by atoms with Crippen molar-refractivity contribution in [3.63, 3.8) is 0 Å². The summed E-state index contributed by atoms with van der Waals surface area (Å²) in [6, 6.07) is 31.3. The van der Waals surface area contributed by atoms with E-state index < -0.39 is 34.1 Å². The lowest BCUT2D eigenvalue weighted by Gasteiger charge is -2.35. The highest BCUT2D eigenvalue weighted by atomic mass is 79.9. The number of benzene rings is 4. The molecule has 0 heterocycles. The molecule has 0 aliphatic carbocycles. The van der Waals surface area contributed by atoms with Crippen LogP contribution < -0.4 is 9.62 Å². The number of hydrogen-bond donors (Lipinski definition) is 1. The van der Waals surface area contributed by atoms with Crippen molar-refractivity contribution in [1.29, 1.82) is 0 Å². The first-order valence-electron chi connectivity index (χ1n) is 14.4. The first-order valence-corrected chi connectivity index (χ1v) is 16.6. The third-order valence-electron chi connectivity index (χ3n) is 6.95. The van der Waals surface area contributed by atoms with Crippen molar-refractivity contribution in [2.24, 2.45) is 0 Å². The Hall–Kier alpha value is -3.95. The lowest BCUT2D eigenvalue weighted by molar-refractivity contribution is -0.140. The lowest BCUT2D eigenvalue weighted by atomic mass is 10.0. The van der Waals surface area contributed by atoms with Crippen LogP contribution in [-0.2, 0) is 32.6 Å². The van der Waals surface area contributed by atoms with E-state index in [1.807, 2.05) is 88.4 Å². The van der Waals surface area contributed by atoms with Crippen LogP contribution in [0.5, 0.6) is 0 Å². The molecule has 7 nitrogen and oxygen atoms in total. The average molecular weight is 677 g/mol. The topological polar surface area (TPSA) is 86.8 Å². The molecule has 1 N–H and O–H groups in total. The zero-order valence-electron chi connectivity index (χ0n) is 25.4. The van der Waals surface area contributed by atoms with Gasteiger partial charge in [0, 0.05) is 23.0 Å². The predicted octanol–water partition coefficient (Wildman–Crippen LogP) is 6.51. The summed E-state index contributed by atoms with van der Waals surface area (Å²) < 4.78 is 30.0. The lowest BCUT2D eigenvalue weighted by Crippen LogP contribution is -2.56. The van der Waals surface area contributed by atoms with Crippen molar-refractivity contribution in [3.8, 4) is 0 Å². The molecule has 0 saturated heterocycles. The van der Waals surface area contributed by atoms with Crippen LogP contribution in [0.15, 0.2) is 119 Å². The molecule has 0 aliphatic rings. The van der Waals surface area contributed by atoms with Crippen molar-refractivity contribution in [2.45, 2.75) is 57.1 Å². The molecule has 4 aromatic rings. The Balaban J connectivity index is 1.80. The Morgan fingerprint density at radius 1 is 0.818 bits per heavy atom. The number of halogens is 1. The van der Waals surface area contributed by atoms with Crippen molar-refractivity contribution in [1.82, 2.24) is 10.2 Å². The van der Waals surface area contributed by atoms with Gasteiger partial charge in [-0.1, -0.05) is 100 Å². The maximum atomic E-state index is 14.5. The maximum absolute atomic E-state index is 14.5. The number of carbonyl (C=O) groups is 2. The molecule has 0 spiro atoms. The van der Waals surface area contributed by atoms with Gasteiger partial charge in [0.2, 0.25) is 11.8 Å². The van der Waals surface area contributed by atoms with Crippen molar-refractivity contribution >= 4 is 43.5 Å². The number of anilines is 1. The number of rotatable bonds is 11. The number of sulfonamides is 1. The minimum atomic E-state index is -4.16. The van der Waals surface area contributed by atoms with Gasteiger partial charge in [-0.05, 0) is 69.2 Å². The SMILES string of the molecule is Cc1ccc(S(=O)(=O)N(CC(=O)N(Cc2ccccc2)[C@H](Cc2ccccc2)C(=O)NC(C)(C)C)c2cccc(Br)c2)cc1. The average Bonchev–Trinajstić information content (AvgIpc) is 2.98. The van der Waals surface area contributed by atoms with E-state index in [0.717, 1.165) is 21.0 Å². The normalized spacial score (nSPS) is 12.3. The summed E-state index contributed by atoms with van der Waals surface area (Å²) in [7, 11) is -4.16. The molecule has 0 bridgehead atoms. The van der Waals surface area contributed by atoms with E-state index in [2.05, 4.69) is 21.2 Å². The highest BCUT2D eigenvalue weighted by molar-refractivity contribution is 9.10. The van der Waals surface area contributed by atoms with Gasteiger partial charge in [0.1, 0.15) is 12.6 Å². The minimum Gasteiger partial charge on any atom is -0.350 e. The molecule has 9 heteroatoms. The molecule has 0 aromatic heterocycles. The molecular formula is C35H38BrN3O4S. The number of nitrogens with one attached hydrogen (secondary N) is 1. The van der Waals surface area contributed by atoms with Gasteiger partial charge >= 0.3 is 0 Å². The van der Waals surface area contributed by atoms with E-state index in [1.54, 1.807) is 36.4 Å². The summed E-state index contributed by atoms with van der Waals surface area (Å²) in [5, 5.41) is 3.04. The smallest absolute Gasteiger partial charge is 0.264 e. The van der Waals surface area contributed by atoms with Gasteiger partial charge in [-0.3, -0.25) is 13.9 Å². The fourth-order valence-corrected chi connectivity index (χ4v) is 6.58. The Labute approximate surface area is 269 Å². The summed E-state index contributed by atoms with van der Waals surface area (Å²) in [4.78, 5) is 30.0. The van der Waals surface area contributed by atoms with E-state index >= 15 is 0 Å². The second-order valence-electron chi connectivity index (χ2n) is 11.8. The zero-order valence-corrected chi connectivity index (χ0v) is 27.8. The molecule has 0 aliphatic heterocycles. The summed E-state index contributed by atoms with van der Waals surface area (Å²) in [6.45, 7) is 7.15. The summed E-state index contributed by atoms with van der Waals surface area (Å²) >= 11 is 3.44. The molecule has 0 fully saturated rings. The highest BCUT2D eigenvalue weighted by Gasteiger charge is 2.35. The Bertz CT molecular complexity index is 1670. The van der Waals surface area contributed by atoms with Crippen molar-refractivity contribution in [3.05, 3.63) is 130 Å². The molecule has 4 rings (SSSR count). The molecule has 0 radical (unpaired) electrons. The Morgan fingerprint density at radius 2 is 1.41 bits per heavy atom. The standard InChI is InChI=1S/C35H38BrN3O4S/c1-26-18-20-31(21-19-26)44(42,43)39(30-17-11-16-29(36)23-30)25-33(40)38(24-28-14-9-6-10-15-28)32(34(41)37-35(2,3)4)22-27-12-7-5-8-13-27/h5-21,23,32H,22,24-25H2,1-4H3,(H,37,41)/t32-/m1/s1. The van der Waals surface area contributed by atoms with Crippen LogP contribution >= 0.6 is 15.9 Å². The van der Waals surface area contributed by atoms with Gasteiger partial charge in [-0.25, -0.2) is 8.42 Å². The summed E-state index contributed by atoms with van der Waals surface area (Å²) in [6.07, 6.45) is 0.253. The first-order chi connectivity index (χ1) is 20.8.